The minimum atomic E-state index is -1.21. The fraction of sp³-hybridized carbons (Fsp3) is 0.182. The fourth-order valence-electron chi connectivity index (χ4n) is 1.12. The molecule has 0 heterocycles. The molecule has 0 aliphatic rings. The van der Waals surface area contributed by atoms with Gasteiger partial charge in [-0.1, -0.05) is 6.07 Å². The van der Waals surface area contributed by atoms with Gasteiger partial charge in [0.05, 0.1) is 5.56 Å². The van der Waals surface area contributed by atoms with Gasteiger partial charge >= 0.3 is 12.0 Å². The summed E-state index contributed by atoms with van der Waals surface area (Å²) >= 11 is 0. The van der Waals surface area contributed by atoms with Crippen LogP contribution < -0.4 is 11.1 Å². The van der Waals surface area contributed by atoms with Crippen LogP contribution in [-0.4, -0.2) is 24.0 Å². The monoisotopic (exact) mass is 254 g/mol. The highest BCUT2D eigenvalue weighted by Gasteiger charge is 2.20. The van der Waals surface area contributed by atoms with Crippen molar-refractivity contribution >= 4 is 17.9 Å². The molecule has 3 amide bonds. The maximum atomic E-state index is 12.8. The number of rotatable bonds is 3. The van der Waals surface area contributed by atoms with Gasteiger partial charge in [0.1, 0.15) is 5.82 Å². The molecule has 1 aromatic carbocycles. The van der Waals surface area contributed by atoms with Crippen LogP contribution in [0.3, 0.4) is 0 Å². The van der Waals surface area contributed by atoms with Crippen molar-refractivity contribution in [1.29, 1.82) is 0 Å². The van der Waals surface area contributed by atoms with E-state index in [-0.39, 0.29) is 5.56 Å². The molecule has 0 radical (unpaired) electrons. The molecule has 6 nitrogen and oxygen atoms in total. The summed E-state index contributed by atoms with van der Waals surface area (Å²) in [4.78, 5) is 33.2. The van der Waals surface area contributed by atoms with Gasteiger partial charge in [0.25, 0.3) is 5.91 Å². The van der Waals surface area contributed by atoms with Crippen LogP contribution in [0, 0.1) is 5.82 Å². The number of halogens is 1. The Balaban J connectivity index is 2.65. The lowest BCUT2D eigenvalue weighted by atomic mass is 10.2. The molecule has 0 bridgehead atoms. The summed E-state index contributed by atoms with van der Waals surface area (Å²) in [7, 11) is 0. The maximum Gasteiger partial charge on any atom is 0.339 e. The average Bonchev–Trinajstić information content (AvgIpc) is 2.27. The molecule has 1 aromatic rings. The van der Waals surface area contributed by atoms with Gasteiger partial charge in [0.15, 0.2) is 6.10 Å². The van der Waals surface area contributed by atoms with E-state index in [0.29, 0.717) is 0 Å². The molecular formula is C11H11FN2O4. The Morgan fingerprint density at radius 2 is 2.06 bits per heavy atom. The van der Waals surface area contributed by atoms with E-state index in [2.05, 4.69) is 0 Å². The molecule has 1 atom stereocenters. The van der Waals surface area contributed by atoms with Crippen LogP contribution in [0.15, 0.2) is 24.3 Å². The first-order chi connectivity index (χ1) is 8.40. The molecular weight excluding hydrogens is 243 g/mol. The van der Waals surface area contributed by atoms with Crippen LogP contribution in [0.2, 0.25) is 0 Å². The lowest BCUT2D eigenvalue weighted by molar-refractivity contribution is -0.127. The Labute approximate surface area is 102 Å². The van der Waals surface area contributed by atoms with Gasteiger partial charge in [-0.25, -0.2) is 14.0 Å². The van der Waals surface area contributed by atoms with Crippen molar-refractivity contribution in [2.45, 2.75) is 13.0 Å². The number of hydrogen-bond acceptors (Lipinski definition) is 4. The molecule has 0 spiro atoms. The molecule has 0 aliphatic heterocycles. The number of carbonyl (C=O) groups excluding carboxylic acids is 3. The van der Waals surface area contributed by atoms with Gasteiger partial charge < -0.3 is 10.5 Å². The van der Waals surface area contributed by atoms with E-state index in [1.807, 2.05) is 0 Å². The van der Waals surface area contributed by atoms with Crippen molar-refractivity contribution in [2.24, 2.45) is 5.73 Å². The van der Waals surface area contributed by atoms with Crippen LogP contribution >= 0.6 is 0 Å². The number of urea groups is 1. The van der Waals surface area contributed by atoms with E-state index in [0.717, 1.165) is 6.07 Å². The van der Waals surface area contributed by atoms with E-state index < -0.39 is 29.8 Å². The number of ether oxygens (including phenoxy) is 1. The lowest BCUT2D eigenvalue weighted by Crippen LogP contribution is -2.42. The van der Waals surface area contributed by atoms with Gasteiger partial charge in [-0.2, -0.15) is 0 Å². The van der Waals surface area contributed by atoms with Crippen molar-refractivity contribution in [2.75, 3.05) is 0 Å². The zero-order valence-corrected chi connectivity index (χ0v) is 9.48. The Kier molecular flexibility index (Phi) is 4.36. The predicted octanol–water partition coefficient (Wildman–Crippen LogP) is 0.566. The van der Waals surface area contributed by atoms with Gasteiger partial charge in [-0.3, -0.25) is 10.1 Å². The topological polar surface area (TPSA) is 98.5 Å². The standard InChI is InChI=1S/C11H11FN2O4/c1-6(9(15)14-11(13)17)18-10(16)7-3-2-4-8(12)5-7/h2-6H,1H3,(H3,13,14,15,17)/t6-/m0/s1. The Morgan fingerprint density at radius 1 is 1.39 bits per heavy atom. The normalized spacial score (nSPS) is 11.4. The smallest absolute Gasteiger partial charge is 0.339 e. The fourth-order valence-corrected chi connectivity index (χ4v) is 1.12. The largest absolute Gasteiger partial charge is 0.449 e. The molecule has 1 rings (SSSR count). The van der Waals surface area contributed by atoms with Crippen molar-refractivity contribution in [3.05, 3.63) is 35.6 Å². The number of imide groups is 1. The highest BCUT2D eigenvalue weighted by Crippen LogP contribution is 2.06. The first-order valence-corrected chi connectivity index (χ1v) is 4.97. The van der Waals surface area contributed by atoms with Crippen molar-refractivity contribution < 1.29 is 23.5 Å². The number of carbonyl (C=O) groups is 3. The van der Waals surface area contributed by atoms with Gasteiger partial charge in [-0.05, 0) is 25.1 Å². The zero-order chi connectivity index (χ0) is 13.7. The Hall–Kier alpha value is -2.44. The number of primary amides is 1. The van der Waals surface area contributed by atoms with E-state index >= 15 is 0 Å². The summed E-state index contributed by atoms with van der Waals surface area (Å²) in [6.07, 6.45) is -1.21. The number of nitrogens with one attached hydrogen (secondary N) is 1. The summed E-state index contributed by atoms with van der Waals surface area (Å²) in [5.41, 5.74) is 4.70. The van der Waals surface area contributed by atoms with Crippen molar-refractivity contribution in [1.82, 2.24) is 5.32 Å². The highest BCUT2D eigenvalue weighted by molar-refractivity contribution is 5.97. The van der Waals surface area contributed by atoms with E-state index in [4.69, 9.17) is 10.5 Å². The highest BCUT2D eigenvalue weighted by atomic mass is 19.1. The number of benzene rings is 1. The molecule has 0 fully saturated rings. The molecule has 3 N–H and O–H groups in total. The van der Waals surface area contributed by atoms with Crippen LogP contribution in [0.1, 0.15) is 17.3 Å². The van der Waals surface area contributed by atoms with Crippen LogP contribution in [-0.2, 0) is 9.53 Å². The van der Waals surface area contributed by atoms with Crippen LogP contribution in [0.4, 0.5) is 9.18 Å². The number of esters is 1. The van der Waals surface area contributed by atoms with Gasteiger partial charge in [-0.15, -0.1) is 0 Å². The number of hydrogen-bond donors (Lipinski definition) is 2. The molecule has 18 heavy (non-hydrogen) atoms. The summed E-state index contributed by atoms with van der Waals surface area (Å²) in [6, 6.07) is 3.76. The molecule has 0 saturated heterocycles. The van der Waals surface area contributed by atoms with Crippen molar-refractivity contribution in [3.63, 3.8) is 0 Å². The minimum Gasteiger partial charge on any atom is -0.449 e. The summed E-state index contributed by atoms with van der Waals surface area (Å²) in [5, 5.41) is 1.76. The van der Waals surface area contributed by atoms with Crippen LogP contribution in [0.25, 0.3) is 0 Å². The van der Waals surface area contributed by atoms with Gasteiger partial charge in [0, 0.05) is 0 Å². The molecule has 96 valence electrons. The Morgan fingerprint density at radius 3 is 2.61 bits per heavy atom. The predicted molar refractivity (Wildman–Crippen MR) is 59.0 cm³/mol. The molecule has 0 saturated carbocycles. The second kappa shape index (κ2) is 5.76. The zero-order valence-electron chi connectivity index (χ0n) is 9.48. The second-order valence-corrected chi connectivity index (χ2v) is 3.41. The summed E-state index contributed by atoms with van der Waals surface area (Å²) in [5.74, 6) is -2.33. The third-order valence-corrected chi connectivity index (χ3v) is 1.96. The quantitative estimate of drug-likeness (QED) is 0.770. The average molecular weight is 254 g/mol. The van der Waals surface area contributed by atoms with Crippen molar-refractivity contribution in [3.8, 4) is 0 Å². The summed E-state index contributed by atoms with van der Waals surface area (Å²) < 4.78 is 17.6. The van der Waals surface area contributed by atoms with Crippen LogP contribution in [0.5, 0.6) is 0 Å². The molecule has 0 aromatic heterocycles. The lowest BCUT2D eigenvalue weighted by Gasteiger charge is -2.11. The first kappa shape index (κ1) is 13.6. The third kappa shape index (κ3) is 3.85. The van der Waals surface area contributed by atoms with E-state index in [1.165, 1.54) is 25.1 Å². The first-order valence-electron chi connectivity index (χ1n) is 4.97. The molecule has 7 heteroatoms. The molecule has 0 aliphatic carbocycles. The SMILES string of the molecule is C[C@H](OC(=O)c1cccc(F)c1)C(=O)NC(N)=O. The number of nitrogens with two attached hydrogens (primary N) is 1. The third-order valence-electron chi connectivity index (χ3n) is 1.96. The minimum absolute atomic E-state index is 0.0336. The maximum absolute atomic E-state index is 12.8. The van der Waals surface area contributed by atoms with E-state index in [1.54, 1.807) is 5.32 Å². The van der Waals surface area contributed by atoms with E-state index in [9.17, 15) is 18.8 Å². The second-order valence-electron chi connectivity index (χ2n) is 3.41. The number of amides is 3. The Bertz CT molecular complexity index is 490. The summed E-state index contributed by atoms with van der Waals surface area (Å²) in [6.45, 7) is 1.26. The van der Waals surface area contributed by atoms with Gasteiger partial charge in [0.2, 0.25) is 0 Å². The molecule has 0 unspecified atom stereocenters.